The van der Waals surface area contributed by atoms with E-state index in [1.165, 1.54) is 0 Å². The predicted molar refractivity (Wildman–Crippen MR) is 78.6 cm³/mol. The lowest BCUT2D eigenvalue weighted by atomic mass is 10.0. The fraction of sp³-hybridized carbons (Fsp3) is 0.615. The van der Waals surface area contributed by atoms with E-state index in [0.717, 1.165) is 29.7 Å². The Balaban J connectivity index is 2.79. The molecule has 1 amide bonds. The van der Waals surface area contributed by atoms with E-state index in [-0.39, 0.29) is 5.88 Å². The summed E-state index contributed by atoms with van der Waals surface area (Å²) >= 11 is 5.99. The molecule has 0 aromatic carbocycles. The first-order valence-electron chi connectivity index (χ1n) is 6.64. The average Bonchev–Trinajstić information content (AvgIpc) is 2.89. The van der Waals surface area contributed by atoms with Crippen LogP contribution in [0.1, 0.15) is 38.7 Å². The van der Waals surface area contributed by atoms with Gasteiger partial charge in [0.2, 0.25) is 5.91 Å². The zero-order valence-corrected chi connectivity index (χ0v) is 13.0. The van der Waals surface area contributed by atoms with Crippen LogP contribution in [-0.4, -0.2) is 25.2 Å². The Hall–Kier alpha value is -1.56. The quantitative estimate of drug-likeness (QED) is 0.853. The maximum Gasteiger partial charge on any atom is 0.243 e. The lowest BCUT2D eigenvalue weighted by Crippen LogP contribution is -2.42. The number of hydrogen-bond acceptors (Lipinski definition) is 3. The highest BCUT2D eigenvalue weighted by atomic mass is 35.5. The lowest BCUT2D eigenvalue weighted by Gasteiger charge is -2.25. The van der Waals surface area contributed by atoms with E-state index < -0.39 is 11.4 Å². The minimum absolute atomic E-state index is 0.219. The van der Waals surface area contributed by atoms with Gasteiger partial charge in [-0.05, 0) is 20.3 Å². The number of primary amides is 1. The second-order valence-corrected chi connectivity index (χ2v) is 5.68. The van der Waals surface area contributed by atoms with Crippen LogP contribution in [-0.2, 0) is 29.7 Å². The zero-order chi connectivity index (χ0) is 15.1. The SMILES string of the molecule is CCCc1nn(C)c2c1nc(CCl)n2C(C)(C)C(N)=O. The summed E-state index contributed by atoms with van der Waals surface area (Å²) in [5.41, 5.74) is 7.14. The Morgan fingerprint density at radius 3 is 2.60 bits per heavy atom. The monoisotopic (exact) mass is 297 g/mol. The van der Waals surface area contributed by atoms with E-state index in [2.05, 4.69) is 17.0 Å². The van der Waals surface area contributed by atoms with Gasteiger partial charge in [-0.15, -0.1) is 11.6 Å². The number of imidazole rings is 1. The smallest absolute Gasteiger partial charge is 0.243 e. The third-order valence-electron chi connectivity index (χ3n) is 3.54. The highest BCUT2D eigenvalue weighted by Gasteiger charge is 2.33. The second-order valence-electron chi connectivity index (χ2n) is 5.41. The summed E-state index contributed by atoms with van der Waals surface area (Å²) in [6.45, 7) is 5.62. The van der Waals surface area contributed by atoms with Crippen LogP contribution in [0, 0.1) is 0 Å². The molecular formula is C13H20ClN5O. The van der Waals surface area contributed by atoms with Crippen molar-refractivity contribution < 1.29 is 4.79 Å². The van der Waals surface area contributed by atoms with Gasteiger partial charge in [-0.3, -0.25) is 14.0 Å². The van der Waals surface area contributed by atoms with Crippen LogP contribution in [0.25, 0.3) is 11.2 Å². The van der Waals surface area contributed by atoms with Crippen molar-refractivity contribution in [3.05, 3.63) is 11.5 Å². The number of carbonyl (C=O) groups is 1. The van der Waals surface area contributed by atoms with Crippen LogP contribution >= 0.6 is 11.6 Å². The molecule has 2 aromatic heterocycles. The van der Waals surface area contributed by atoms with Crippen LogP contribution in [0.5, 0.6) is 0 Å². The van der Waals surface area contributed by atoms with Gasteiger partial charge >= 0.3 is 0 Å². The molecule has 0 aliphatic carbocycles. The Bertz CT molecular complexity index is 655. The van der Waals surface area contributed by atoms with Crippen molar-refractivity contribution in [2.24, 2.45) is 12.8 Å². The first-order valence-corrected chi connectivity index (χ1v) is 7.17. The van der Waals surface area contributed by atoms with Crippen LogP contribution in [0.2, 0.25) is 0 Å². The third kappa shape index (κ3) is 2.08. The molecule has 2 rings (SSSR count). The van der Waals surface area contributed by atoms with E-state index in [1.54, 1.807) is 23.1 Å². The van der Waals surface area contributed by atoms with E-state index >= 15 is 0 Å². The molecule has 2 aromatic rings. The standard InChI is InChI=1S/C13H20ClN5O/c1-5-6-8-10-11(18(4)17-8)19(9(7-14)16-10)13(2,3)12(15)20/h5-7H2,1-4H3,(H2,15,20). The first-order chi connectivity index (χ1) is 9.34. The number of nitrogens with two attached hydrogens (primary N) is 1. The lowest BCUT2D eigenvalue weighted by molar-refractivity contribution is -0.125. The van der Waals surface area contributed by atoms with Crippen LogP contribution in [0.15, 0.2) is 0 Å². The number of nitrogens with zero attached hydrogens (tertiary/aromatic N) is 4. The molecule has 6 nitrogen and oxygen atoms in total. The Kier molecular flexibility index (Phi) is 3.77. The minimum Gasteiger partial charge on any atom is -0.368 e. The summed E-state index contributed by atoms with van der Waals surface area (Å²) in [6, 6.07) is 0. The van der Waals surface area contributed by atoms with E-state index in [0.29, 0.717) is 5.82 Å². The minimum atomic E-state index is -0.906. The number of halogens is 1. The molecule has 0 saturated carbocycles. The normalized spacial score (nSPS) is 12.2. The van der Waals surface area contributed by atoms with E-state index in [1.807, 2.05) is 7.05 Å². The Labute approximate surface area is 122 Å². The van der Waals surface area contributed by atoms with Gasteiger partial charge in [0, 0.05) is 7.05 Å². The molecule has 0 unspecified atom stereocenters. The molecular weight excluding hydrogens is 278 g/mol. The van der Waals surface area contributed by atoms with Crippen LogP contribution in [0.3, 0.4) is 0 Å². The number of aromatic nitrogens is 4. The summed E-state index contributed by atoms with van der Waals surface area (Å²) in [7, 11) is 1.84. The van der Waals surface area contributed by atoms with Crippen molar-refractivity contribution in [3.8, 4) is 0 Å². The number of carbonyl (C=O) groups excluding carboxylic acids is 1. The first kappa shape index (κ1) is 14.8. The van der Waals surface area contributed by atoms with E-state index in [4.69, 9.17) is 17.3 Å². The molecule has 20 heavy (non-hydrogen) atoms. The number of aryl methyl sites for hydroxylation is 2. The van der Waals surface area contributed by atoms with Crippen molar-refractivity contribution in [1.29, 1.82) is 0 Å². The molecule has 0 bridgehead atoms. The molecule has 0 fully saturated rings. The number of fused-ring (bicyclic) bond motifs is 1. The largest absolute Gasteiger partial charge is 0.368 e. The van der Waals surface area contributed by atoms with Crippen molar-refractivity contribution in [3.63, 3.8) is 0 Å². The molecule has 2 N–H and O–H groups in total. The highest BCUT2D eigenvalue weighted by molar-refractivity contribution is 6.17. The topological polar surface area (TPSA) is 78.7 Å². The van der Waals surface area contributed by atoms with Gasteiger partial charge in [0.15, 0.2) is 5.65 Å². The average molecular weight is 298 g/mol. The van der Waals surface area contributed by atoms with E-state index in [9.17, 15) is 4.79 Å². The fourth-order valence-electron chi connectivity index (χ4n) is 2.42. The molecule has 0 aliphatic heterocycles. The van der Waals surface area contributed by atoms with Gasteiger partial charge in [0.25, 0.3) is 0 Å². The summed E-state index contributed by atoms with van der Waals surface area (Å²) < 4.78 is 3.54. The number of amides is 1. The van der Waals surface area contributed by atoms with Crippen LogP contribution < -0.4 is 5.73 Å². The summed E-state index contributed by atoms with van der Waals surface area (Å²) in [5, 5.41) is 4.49. The number of rotatable bonds is 5. The molecule has 0 radical (unpaired) electrons. The molecule has 0 saturated heterocycles. The molecule has 0 spiro atoms. The zero-order valence-electron chi connectivity index (χ0n) is 12.3. The van der Waals surface area contributed by atoms with Crippen molar-refractivity contribution in [2.45, 2.75) is 45.0 Å². The molecule has 2 heterocycles. The van der Waals surface area contributed by atoms with Crippen molar-refractivity contribution in [2.75, 3.05) is 0 Å². The van der Waals surface area contributed by atoms with Gasteiger partial charge in [-0.1, -0.05) is 13.3 Å². The number of alkyl halides is 1. The van der Waals surface area contributed by atoms with Gasteiger partial charge in [-0.25, -0.2) is 4.98 Å². The van der Waals surface area contributed by atoms with Crippen molar-refractivity contribution >= 4 is 28.7 Å². The third-order valence-corrected chi connectivity index (χ3v) is 3.78. The summed E-state index contributed by atoms with van der Waals surface area (Å²) in [4.78, 5) is 16.3. The highest BCUT2D eigenvalue weighted by Crippen LogP contribution is 2.28. The summed E-state index contributed by atoms with van der Waals surface area (Å²) in [6.07, 6.45) is 1.82. The molecule has 0 atom stereocenters. The van der Waals surface area contributed by atoms with Gasteiger partial charge in [0.1, 0.15) is 16.9 Å². The molecule has 7 heteroatoms. The summed E-state index contributed by atoms with van der Waals surface area (Å²) in [5.74, 6) is 0.425. The molecule has 0 aliphatic rings. The van der Waals surface area contributed by atoms with Crippen molar-refractivity contribution in [1.82, 2.24) is 19.3 Å². The fourth-order valence-corrected chi connectivity index (χ4v) is 2.60. The Morgan fingerprint density at radius 1 is 1.45 bits per heavy atom. The number of hydrogen-bond donors (Lipinski definition) is 1. The second kappa shape index (κ2) is 5.09. The maximum atomic E-state index is 11.8. The predicted octanol–water partition coefficient (Wildman–Crippen LogP) is 1.68. The molecule has 110 valence electrons. The Morgan fingerprint density at radius 2 is 2.10 bits per heavy atom. The van der Waals surface area contributed by atoms with Gasteiger partial charge < -0.3 is 5.73 Å². The van der Waals surface area contributed by atoms with Gasteiger partial charge in [0.05, 0.1) is 11.6 Å². The maximum absolute atomic E-state index is 11.8. The van der Waals surface area contributed by atoms with Crippen LogP contribution in [0.4, 0.5) is 0 Å². The van der Waals surface area contributed by atoms with Gasteiger partial charge in [-0.2, -0.15) is 5.10 Å².